The number of piperidine rings is 1. The van der Waals surface area contributed by atoms with Crippen molar-refractivity contribution in [2.45, 2.75) is 25.7 Å². The van der Waals surface area contributed by atoms with Crippen LogP contribution in [0.25, 0.3) is 0 Å². The molecule has 2 aliphatic heterocycles. The van der Waals surface area contributed by atoms with E-state index in [2.05, 4.69) is 14.8 Å². The van der Waals surface area contributed by atoms with E-state index in [9.17, 15) is 4.79 Å². The van der Waals surface area contributed by atoms with Crippen molar-refractivity contribution < 1.29 is 9.90 Å². The van der Waals surface area contributed by atoms with E-state index in [0.717, 1.165) is 24.8 Å². The summed E-state index contributed by atoms with van der Waals surface area (Å²) in [4.78, 5) is 20.2. The van der Waals surface area contributed by atoms with Gasteiger partial charge in [0.25, 0.3) is 0 Å². The second-order valence-corrected chi connectivity index (χ2v) is 6.15. The Labute approximate surface area is 125 Å². The van der Waals surface area contributed by atoms with Crippen LogP contribution in [-0.4, -0.2) is 53.7 Å². The molecule has 0 amide bonds. The molecule has 2 aliphatic rings. The number of aromatic carboxylic acids is 1. The average molecular weight is 289 g/mol. The molecule has 0 unspecified atom stereocenters. The molecule has 0 saturated carbocycles. The molecule has 3 rings (SSSR count). The van der Waals surface area contributed by atoms with Crippen molar-refractivity contribution >= 4 is 11.8 Å². The lowest BCUT2D eigenvalue weighted by Crippen LogP contribution is -2.38. The predicted octanol–water partition coefficient (Wildman–Crippen LogP) is 2.09. The van der Waals surface area contributed by atoms with Crippen LogP contribution in [0.3, 0.4) is 0 Å². The zero-order valence-electron chi connectivity index (χ0n) is 12.4. The summed E-state index contributed by atoms with van der Waals surface area (Å²) < 4.78 is 0. The van der Waals surface area contributed by atoms with Crippen molar-refractivity contribution in [1.82, 2.24) is 9.88 Å². The van der Waals surface area contributed by atoms with Crippen LogP contribution in [-0.2, 0) is 0 Å². The molecule has 0 bridgehead atoms. The van der Waals surface area contributed by atoms with Crippen LogP contribution >= 0.6 is 0 Å². The fraction of sp³-hybridized carbons (Fsp3) is 0.625. The fourth-order valence-electron chi connectivity index (χ4n) is 3.40. The number of carboxylic acid groups (broad SMARTS) is 1. The highest BCUT2D eigenvalue weighted by Gasteiger charge is 2.23. The molecule has 5 heteroatoms. The molecule has 0 spiro atoms. The molecule has 2 saturated heterocycles. The first-order valence-corrected chi connectivity index (χ1v) is 7.89. The molecule has 3 heterocycles. The normalized spacial score (nSPS) is 20.9. The zero-order chi connectivity index (χ0) is 14.7. The van der Waals surface area contributed by atoms with Crippen LogP contribution in [0.15, 0.2) is 18.3 Å². The number of nitrogens with zero attached hydrogens (tertiary/aromatic N) is 3. The van der Waals surface area contributed by atoms with Crippen molar-refractivity contribution in [3.8, 4) is 0 Å². The third kappa shape index (κ3) is 3.53. The van der Waals surface area contributed by atoms with Crippen molar-refractivity contribution in [2.24, 2.45) is 5.92 Å². The highest BCUT2D eigenvalue weighted by atomic mass is 16.4. The molecule has 0 radical (unpaired) electrons. The van der Waals surface area contributed by atoms with Crippen molar-refractivity contribution in [3.63, 3.8) is 0 Å². The van der Waals surface area contributed by atoms with Crippen LogP contribution in [0.5, 0.6) is 0 Å². The Morgan fingerprint density at radius 2 is 1.95 bits per heavy atom. The number of hydrogen-bond acceptors (Lipinski definition) is 4. The van der Waals surface area contributed by atoms with Crippen molar-refractivity contribution in [2.75, 3.05) is 37.6 Å². The molecule has 5 nitrogen and oxygen atoms in total. The summed E-state index contributed by atoms with van der Waals surface area (Å²) in [6.45, 7) is 5.73. The van der Waals surface area contributed by atoms with E-state index in [1.54, 1.807) is 18.3 Å². The first-order chi connectivity index (χ1) is 10.2. The Hall–Kier alpha value is -1.62. The maximum atomic E-state index is 11.0. The maximum absolute atomic E-state index is 11.0. The van der Waals surface area contributed by atoms with Gasteiger partial charge in [0, 0.05) is 25.8 Å². The van der Waals surface area contributed by atoms with Gasteiger partial charge in [0.05, 0.1) is 5.56 Å². The lowest BCUT2D eigenvalue weighted by Gasteiger charge is -2.34. The molecule has 114 valence electrons. The Morgan fingerprint density at radius 3 is 2.62 bits per heavy atom. The van der Waals surface area contributed by atoms with Crippen LogP contribution in [0.4, 0.5) is 5.82 Å². The number of carboxylic acids is 1. The summed E-state index contributed by atoms with van der Waals surface area (Å²) in [5.41, 5.74) is 0.319. The number of hydrogen-bond donors (Lipinski definition) is 1. The summed E-state index contributed by atoms with van der Waals surface area (Å²) in [6, 6.07) is 3.23. The molecule has 1 aromatic rings. The largest absolute Gasteiger partial charge is 0.478 e. The van der Waals surface area contributed by atoms with Gasteiger partial charge in [-0.3, -0.25) is 0 Å². The number of pyridine rings is 1. The predicted molar refractivity (Wildman–Crippen MR) is 81.8 cm³/mol. The Balaban J connectivity index is 1.55. The first kappa shape index (κ1) is 14.3. The van der Waals surface area contributed by atoms with Gasteiger partial charge in [0.1, 0.15) is 5.82 Å². The van der Waals surface area contributed by atoms with Gasteiger partial charge < -0.3 is 14.9 Å². The topological polar surface area (TPSA) is 56.7 Å². The van der Waals surface area contributed by atoms with Gasteiger partial charge in [0.2, 0.25) is 0 Å². The highest BCUT2D eigenvalue weighted by Crippen LogP contribution is 2.24. The SMILES string of the molecule is O=C(O)c1ccnc(N2CCC(CN3CCCC3)CC2)c1. The van der Waals surface area contributed by atoms with Crippen LogP contribution in [0, 0.1) is 5.92 Å². The molecule has 1 aromatic heterocycles. The quantitative estimate of drug-likeness (QED) is 0.920. The van der Waals surface area contributed by atoms with Gasteiger partial charge in [-0.25, -0.2) is 9.78 Å². The van der Waals surface area contributed by atoms with Gasteiger partial charge in [-0.15, -0.1) is 0 Å². The average Bonchev–Trinajstić information content (AvgIpc) is 3.01. The molecule has 0 aliphatic carbocycles. The lowest BCUT2D eigenvalue weighted by molar-refractivity contribution is 0.0697. The molecular formula is C16H23N3O2. The molecule has 21 heavy (non-hydrogen) atoms. The maximum Gasteiger partial charge on any atom is 0.335 e. The molecule has 1 N–H and O–H groups in total. The third-order valence-electron chi connectivity index (χ3n) is 4.65. The number of anilines is 1. The van der Waals surface area contributed by atoms with E-state index in [-0.39, 0.29) is 0 Å². The lowest BCUT2D eigenvalue weighted by atomic mass is 9.96. The third-order valence-corrected chi connectivity index (χ3v) is 4.65. The minimum absolute atomic E-state index is 0.319. The van der Waals surface area contributed by atoms with E-state index in [1.165, 1.54) is 45.3 Å². The monoisotopic (exact) mass is 289 g/mol. The Kier molecular flexibility index (Phi) is 4.39. The second kappa shape index (κ2) is 6.43. The summed E-state index contributed by atoms with van der Waals surface area (Å²) >= 11 is 0. The number of aromatic nitrogens is 1. The van der Waals surface area contributed by atoms with E-state index >= 15 is 0 Å². The van der Waals surface area contributed by atoms with Gasteiger partial charge in [-0.1, -0.05) is 0 Å². The minimum atomic E-state index is -0.887. The Morgan fingerprint density at radius 1 is 1.24 bits per heavy atom. The summed E-state index contributed by atoms with van der Waals surface area (Å²) in [7, 11) is 0. The number of carbonyl (C=O) groups is 1. The molecule has 0 atom stereocenters. The van der Waals surface area contributed by atoms with E-state index in [0.29, 0.717) is 5.56 Å². The fourth-order valence-corrected chi connectivity index (χ4v) is 3.40. The smallest absolute Gasteiger partial charge is 0.335 e. The van der Waals surface area contributed by atoms with Gasteiger partial charge >= 0.3 is 5.97 Å². The highest BCUT2D eigenvalue weighted by molar-refractivity contribution is 5.88. The molecule has 2 fully saturated rings. The first-order valence-electron chi connectivity index (χ1n) is 7.89. The van der Waals surface area contributed by atoms with Crippen molar-refractivity contribution in [3.05, 3.63) is 23.9 Å². The van der Waals surface area contributed by atoms with Gasteiger partial charge in [-0.05, 0) is 56.8 Å². The standard InChI is InChI=1S/C16H23N3O2/c20-16(21)14-3-6-17-15(11-14)19-9-4-13(5-10-19)12-18-7-1-2-8-18/h3,6,11,13H,1-2,4-5,7-10,12H2,(H,20,21). The van der Waals surface area contributed by atoms with E-state index < -0.39 is 5.97 Å². The van der Waals surface area contributed by atoms with Crippen LogP contribution in [0.2, 0.25) is 0 Å². The molecule has 0 aromatic carbocycles. The Bertz CT molecular complexity index is 492. The van der Waals surface area contributed by atoms with E-state index in [4.69, 9.17) is 5.11 Å². The van der Waals surface area contributed by atoms with E-state index in [1.807, 2.05) is 0 Å². The summed E-state index contributed by atoms with van der Waals surface area (Å²) in [5.74, 6) is 0.694. The van der Waals surface area contributed by atoms with Crippen molar-refractivity contribution in [1.29, 1.82) is 0 Å². The van der Waals surface area contributed by atoms with Crippen LogP contribution in [0.1, 0.15) is 36.0 Å². The number of likely N-dealkylation sites (tertiary alicyclic amines) is 1. The summed E-state index contributed by atoms with van der Waals surface area (Å²) in [6.07, 6.45) is 6.65. The summed E-state index contributed by atoms with van der Waals surface area (Å²) in [5, 5.41) is 9.06. The number of rotatable bonds is 4. The molecular weight excluding hydrogens is 266 g/mol. The van der Waals surface area contributed by atoms with Crippen LogP contribution < -0.4 is 4.90 Å². The van der Waals surface area contributed by atoms with Gasteiger partial charge in [0.15, 0.2) is 0 Å². The van der Waals surface area contributed by atoms with Gasteiger partial charge in [-0.2, -0.15) is 0 Å². The second-order valence-electron chi connectivity index (χ2n) is 6.15. The minimum Gasteiger partial charge on any atom is -0.478 e. The zero-order valence-corrected chi connectivity index (χ0v) is 12.4.